The minimum Gasteiger partial charge on any atom is -0.342 e. The summed E-state index contributed by atoms with van der Waals surface area (Å²) < 4.78 is 2.36. The van der Waals surface area contributed by atoms with E-state index in [1.54, 1.807) is 0 Å². The van der Waals surface area contributed by atoms with Crippen molar-refractivity contribution in [3.63, 3.8) is 0 Å². The van der Waals surface area contributed by atoms with Gasteiger partial charge in [0.05, 0.1) is 11.0 Å². The van der Waals surface area contributed by atoms with E-state index < -0.39 is 0 Å². The maximum Gasteiger partial charge on any atom is 0.145 e. The summed E-state index contributed by atoms with van der Waals surface area (Å²) in [4.78, 5) is 7.51. The first kappa shape index (κ1) is 18.2. The van der Waals surface area contributed by atoms with Crippen molar-refractivity contribution in [3.8, 4) is 11.4 Å². The Bertz CT molecular complexity index is 1370. The number of rotatable bonds is 3. The molecule has 31 heavy (non-hydrogen) atoms. The summed E-state index contributed by atoms with van der Waals surface area (Å²) in [6.45, 7) is 0.789. The van der Waals surface area contributed by atoms with Gasteiger partial charge in [0.25, 0.3) is 0 Å². The maximum absolute atomic E-state index is 6.24. The number of fused-ring (bicyclic) bond motifs is 5. The molecule has 3 nitrogen and oxygen atoms in total. The lowest BCUT2D eigenvalue weighted by atomic mass is 10.0. The second-order valence-corrected chi connectivity index (χ2v) is 8.29. The van der Waals surface area contributed by atoms with Gasteiger partial charge in [-0.25, -0.2) is 4.98 Å². The van der Waals surface area contributed by atoms with Gasteiger partial charge in [0, 0.05) is 22.8 Å². The fourth-order valence-electron chi connectivity index (χ4n) is 4.58. The lowest BCUT2D eigenvalue weighted by molar-refractivity contribution is 0.543. The van der Waals surface area contributed by atoms with Crippen molar-refractivity contribution in [1.82, 2.24) is 9.55 Å². The highest BCUT2D eigenvalue weighted by Crippen LogP contribution is 2.45. The average Bonchev–Trinajstić information content (AvgIpc) is 3.20. The monoisotopic (exact) mass is 421 g/mol. The Kier molecular flexibility index (Phi) is 4.29. The summed E-state index contributed by atoms with van der Waals surface area (Å²) in [5.74, 6) is 1.00. The van der Waals surface area contributed by atoms with Crippen LogP contribution in [-0.2, 0) is 6.54 Å². The van der Waals surface area contributed by atoms with Crippen LogP contribution in [0, 0.1) is 0 Å². The normalized spacial score (nSPS) is 15.0. The molecule has 2 heterocycles. The van der Waals surface area contributed by atoms with E-state index in [-0.39, 0.29) is 6.17 Å². The molecule has 6 rings (SSSR count). The van der Waals surface area contributed by atoms with Gasteiger partial charge in [-0.15, -0.1) is 0 Å². The highest BCUT2D eigenvalue weighted by molar-refractivity contribution is 6.30. The molecule has 0 fully saturated rings. The van der Waals surface area contributed by atoms with E-state index >= 15 is 0 Å². The Hall–Kier alpha value is -3.56. The molecule has 1 aliphatic rings. The Morgan fingerprint density at radius 1 is 0.742 bits per heavy atom. The summed E-state index contributed by atoms with van der Waals surface area (Å²) in [6.07, 6.45) is -0.0326. The quantitative estimate of drug-likeness (QED) is 0.315. The van der Waals surface area contributed by atoms with Crippen LogP contribution in [-0.4, -0.2) is 9.55 Å². The highest BCUT2D eigenvalue weighted by atomic mass is 35.5. The third-order valence-electron chi connectivity index (χ3n) is 5.95. The van der Waals surface area contributed by atoms with Gasteiger partial charge < -0.3 is 4.90 Å². The molecular formula is C27H20ClN3. The van der Waals surface area contributed by atoms with Crippen LogP contribution in [0.1, 0.15) is 17.3 Å². The average molecular weight is 422 g/mol. The molecule has 1 aliphatic heterocycles. The van der Waals surface area contributed by atoms with E-state index in [0.717, 1.165) is 34.0 Å². The van der Waals surface area contributed by atoms with Crippen molar-refractivity contribution in [2.24, 2.45) is 0 Å². The number of hydrogen-bond acceptors (Lipinski definition) is 2. The molecule has 0 amide bonds. The molecule has 1 atom stereocenters. The second kappa shape index (κ2) is 7.29. The van der Waals surface area contributed by atoms with E-state index in [9.17, 15) is 0 Å². The molecule has 0 unspecified atom stereocenters. The molecule has 5 aromatic rings. The third kappa shape index (κ3) is 3.01. The maximum atomic E-state index is 6.24. The number of imidazole rings is 1. The largest absolute Gasteiger partial charge is 0.342 e. The number of nitrogens with zero attached hydrogens (tertiary/aromatic N) is 3. The van der Waals surface area contributed by atoms with E-state index in [0.29, 0.717) is 0 Å². The summed E-state index contributed by atoms with van der Waals surface area (Å²) in [5.41, 5.74) is 6.93. The zero-order valence-corrected chi connectivity index (χ0v) is 17.6. The Labute approximate surface area is 186 Å². The number of halogens is 1. The number of benzene rings is 4. The predicted molar refractivity (Wildman–Crippen MR) is 127 cm³/mol. The van der Waals surface area contributed by atoms with Gasteiger partial charge in [-0.3, -0.25) is 4.57 Å². The molecule has 0 bridgehead atoms. The molecule has 0 saturated carbocycles. The Morgan fingerprint density at radius 3 is 2.29 bits per heavy atom. The van der Waals surface area contributed by atoms with Gasteiger partial charge >= 0.3 is 0 Å². The third-order valence-corrected chi connectivity index (χ3v) is 6.21. The van der Waals surface area contributed by atoms with Crippen molar-refractivity contribution >= 4 is 28.3 Å². The van der Waals surface area contributed by atoms with Crippen LogP contribution in [0.15, 0.2) is 103 Å². The number of aromatic nitrogens is 2. The zero-order valence-electron chi connectivity index (χ0n) is 16.8. The van der Waals surface area contributed by atoms with Gasteiger partial charge in [-0.1, -0.05) is 78.3 Å². The molecule has 150 valence electrons. The number of para-hydroxylation sites is 3. The minimum atomic E-state index is -0.0326. The van der Waals surface area contributed by atoms with Gasteiger partial charge in [0.15, 0.2) is 0 Å². The van der Waals surface area contributed by atoms with Crippen LogP contribution < -0.4 is 4.90 Å². The first-order valence-corrected chi connectivity index (χ1v) is 10.8. The molecule has 0 spiro atoms. The minimum absolute atomic E-state index is 0.0326. The van der Waals surface area contributed by atoms with Gasteiger partial charge in [0.1, 0.15) is 12.0 Å². The van der Waals surface area contributed by atoms with Crippen LogP contribution >= 0.6 is 11.6 Å². The van der Waals surface area contributed by atoms with Crippen molar-refractivity contribution in [3.05, 3.63) is 119 Å². The fourth-order valence-corrected chi connectivity index (χ4v) is 4.71. The summed E-state index contributed by atoms with van der Waals surface area (Å²) in [7, 11) is 0. The lowest BCUT2D eigenvalue weighted by Gasteiger charge is -2.40. The molecule has 4 heteroatoms. The smallest absolute Gasteiger partial charge is 0.145 e. The van der Waals surface area contributed by atoms with Crippen LogP contribution in [0.3, 0.4) is 0 Å². The van der Waals surface area contributed by atoms with Gasteiger partial charge in [-0.2, -0.15) is 0 Å². The Morgan fingerprint density at radius 2 is 1.45 bits per heavy atom. The summed E-state index contributed by atoms with van der Waals surface area (Å²) in [6, 6.07) is 35.7. The lowest BCUT2D eigenvalue weighted by Crippen LogP contribution is -2.36. The van der Waals surface area contributed by atoms with Crippen LogP contribution in [0.2, 0.25) is 5.02 Å². The molecule has 0 N–H and O–H groups in total. The van der Waals surface area contributed by atoms with Crippen LogP contribution in [0.25, 0.3) is 22.4 Å². The fraction of sp³-hybridized carbons (Fsp3) is 0.0741. The summed E-state index contributed by atoms with van der Waals surface area (Å²) in [5, 5.41) is 0.741. The Balaban J connectivity index is 1.64. The molecule has 0 aliphatic carbocycles. The number of anilines is 1. The topological polar surface area (TPSA) is 21.1 Å². The molecular weight excluding hydrogens is 402 g/mol. The van der Waals surface area contributed by atoms with Crippen LogP contribution in [0.4, 0.5) is 5.69 Å². The molecule has 4 aromatic carbocycles. The first-order valence-electron chi connectivity index (χ1n) is 10.4. The summed E-state index contributed by atoms with van der Waals surface area (Å²) >= 11 is 6.24. The van der Waals surface area contributed by atoms with E-state index in [4.69, 9.17) is 16.6 Å². The molecule has 0 saturated heterocycles. The van der Waals surface area contributed by atoms with E-state index in [2.05, 4.69) is 94.4 Å². The predicted octanol–water partition coefficient (Wildman–Crippen LogP) is 6.92. The van der Waals surface area contributed by atoms with Crippen molar-refractivity contribution in [2.75, 3.05) is 4.90 Å². The van der Waals surface area contributed by atoms with Crippen LogP contribution in [0.5, 0.6) is 0 Å². The first-order chi connectivity index (χ1) is 15.3. The standard InChI is InChI=1S/C27H20ClN3/c28-21-16-14-20(15-17-21)27-30(18-19-8-2-1-3-9-19)24-12-6-4-10-22(24)26-29-23-11-5-7-13-25(23)31(26)27/h1-17,27H,18H2/t27-/m0/s1. The highest BCUT2D eigenvalue weighted by Gasteiger charge is 2.34. The molecule has 0 radical (unpaired) electrons. The van der Waals surface area contributed by atoms with E-state index in [1.165, 1.54) is 16.8 Å². The molecule has 1 aromatic heterocycles. The van der Waals surface area contributed by atoms with Gasteiger partial charge in [0.2, 0.25) is 0 Å². The number of hydrogen-bond donors (Lipinski definition) is 0. The van der Waals surface area contributed by atoms with Crippen molar-refractivity contribution in [2.45, 2.75) is 12.7 Å². The SMILES string of the molecule is Clc1ccc([C@H]2N(Cc3ccccc3)c3ccccc3-c3nc4ccccc4n32)cc1. The van der Waals surface area contributed by atoms with Crippen molar-refractivity contribution < 1.29 is 0 Å². The van der Waals surface area contributed by atoms with Gasteiger partial charge in [-0.05, 0) is 47.5 Å². The zero-order chi connectivity index (χ0) is 20.8. The van der Waals surface area contributed by atoms with E-state index in [1.807, 2.05) is 18.2 Å². The van der Waals surface area contributed by atoms with Crippen molar-refractivity contribution in [1.29, 1.82) is 0 Å². The second-order valence-electron chi connectivity index (χ2n) is 7.85.